The Morgan fingerprint density at radius 1 is 1.00 bits per heavy atom. The Morgan fingerprint density at radius 3 is 2.30 bits per heavy atom. The van der Waals surface area contributed by atoms with E-state index >= 15 is 0 Å². The van der Waals surface area contributed by atoms with E-state index in [9.17, 15) is 13.2 Å². The van der Waals surface area contributed by atoms with Crippen LogP contribution in [-0.4, -0.2) is 32.0 Å². The van der Waals surface area contributed by atoms with Gasteiger partial charge in [-0.15, -0.1) is 0 Å². The molecule has 0 saturated carbocycles. The molecule has 0 aliphatic rings. The molecule has 0 radical (unpaired) electrons. The minimum atomic E-state index is -4.09. The van der Waals surface area contributed by atoms with Gasteiger partial charge in [0.2, 0.25) is 0 Å². The maximum atomic E-state index is 13.0. The summed E-state index contributed by atoms with van der Waals surface area (Å²) in [7, 11) is -2.59. The number of para-hydroxylation sites is 1. The Balaban J connectivity index is 1.86. The summed E-state index contributed by atoms with van der Waals surface area (Å²) in [6, 6.07) is 15.8. The normalized spacial score (nSPS) is 11.6. The number of hydrogen-bond donors (Lipinski definition) is 1. The van der Waals surface area contributed by atoms with Crippen LogP contribution in [0.4, 0.5) is 4.79 Å². The van der Waals surface area contributed by atoms with Crippen molar-refractivity contribution in [3.8, 4) is 11.5 Å². The van der Waals surface area contributed by atoms with E-state index in [0.717, 1.165) is 0 Å². The van der Waals surface area contributed by atoms with Crippen LogP contribution in [0.5, 0.6) is 11.5 Å². The minimum Gasteiger partial charge on any atom is -0.497 e. The van der Waals surface area contributed by atoms with Gasteiger partial charge >= 0.3 is 16.1 Å². The molecule has 2 amide bonds. The van der Waals surface area contributed by atoms with Crippen molar-refractivity contribution in [1.82, 2.24) is 10.2 Å². The Labute approximate surface area is 194 Å². The zero-order chi connectivity index (χ0) is 24.1. The van der Waals surface area contributed by atoms with E-state index in [2.05, 4.69) is 5.32 Å². The molecule has 0 aliphatic heterocycles. The number of hydrogen-bond acceptors (Lipinski definition) is 6. The molecule has 8 nitrogen and oxygen atoms in total. The van der Waals surface area contributed by atoms with E-state index in [4.69, 9.17) is 13.3 Å². The molecule has 0 spiro atoms. The van der Waals surface area contributed by atoms with Gasteiger partial charge < -0.3 is 23.6 Å². The quantitative estimate of drug-likeness (QED) is 0.483. The number of nitrogens with one attached hydrogen (secondary N) is 1. The lowest BCUT2D eigenvalue weighted by Crippen LogP contribution is -2.47. The lowest BCUT2D eigenvalue weighted by Gasteiger charge is -2.28. The average molecular weight is 473 g/mol. The van der Waals surface area contributed by atoms with E-state index in [-0.39, 0.29) is 29.8 Å². The van der Waals surface area contributed by atoms with Crippen LogP contribution in [0.15, 0.2) is 76.2 Å². The van der Waals surface area contributed by atoms with Gasteiger partial charge in [-0.2, -0.15) is 8.42 Å². The number of furan rings is 1. The molecule has 0 unspecified atom stereocenters. The summed E-state index contributed by atoms with van der Waals surface area (Å²) in [6.07, 6.45) is 1.54. The molecule has 0 saturated heterocycles. The molecule has 0 bridgehead atoms. The highest BCUT2D eigenvalue weighted by atomic mass is 32.2. The minimum absolute atomic E-state index is 0.00368. The molecular formula is C24H28N2O6S. The molecular weight excluding hydrogens is 444 g/mol. The summed E-state index contributed by atoms with van der Waals surface area (Å²) in [4.78, 5) is 14.5. The second kappa shape index (κ2) is 9.99. The van der Waals surface area contributed by atoms with Crippen molar-refractivity contribution in [1.29, 1.82) is 0 Å². The lowest BCUT2D eigenvalue weighted by atomic mass is 10.1. The van der Waals surface area contributed by atoms with Gasteiger partial charge in [0, 0.05) is 11.1 Å². The summed E-state index contributed by atoms with van der Waals surface area (Å²) in [5, 5.41) is 2.93. The van der Waals surface area contributed by atoms with Gasteiger partial charge in [0.05, 0.1) is 26.5 Å². The maximum Gasteiger partial charge on any atom is 0.339 e. The van der Waals surface area contributed by atoms with Crippen LogP contribution in [0.25, 0.3) is 0 Å². The second-order valence-corrected chi connectivity index (χ2v) is 9.98. The second-order valence-electron chi connectivity index (χ2n) is 8.44. The first-order valence-corrected chi connectivity index (χ1v) is 11.7. The van der Waals surface area contributed by atoms with Crippen molar-refractivity contribution >= 4 is 16.1 Å². The van der Waals surface area contributed by atoms with E-state index in [0.29, 0.717) is 17.1 Å². The van der Waals surface area contributed by atoms with Crippen molar-refractivity contribution in [3.63, 3.8) is 0 Å². The number of urea groups is 1. The molecule has 33 heavy (non-hydrogen) atoms. The van der Waals surface area contributed by atoms with Gasteiger partial charge in [-0.25, -0.2) is 4.79 Å². The largest absolute Gasteiger partial charge is 0.497 e. The highest BCUT2D eigenvalue weighted by Gasteiger charge is 2.24. The van der Waals surface area contributed by atoms with Crippen LogP contribution in [0.3, 0.4) is 0 Å². The maximum absolute atomic E-state index is 13.0. The Bertz CT molecular complexity index is 1170. The zero-order valence-electron chi connectivity index (χ0n) is 19.1. The first-order valence-electron chi connectivity index (χ1n) is 10.3. The lowest BCUT2D eigenvalue weighted by molar-refractivity contribution is 0.178. The molecule has 2 aromatic carbocycles. The first-order chi connectivity index (χ1) is 15.6. The molecule has 1 N–H and O–H groups in total. The molecule has 0 atom stereocenters. The predicted molar refractivity (Wildman–Crippen MR) is 123 cm³/mol. The monoisotopic (exact) mass is 472 g/mol. The van der Waals surface area contributed by atoms with Gasteiger partial charge in [0.25, 0.3) is 0 Å². The number of methoxy groups -OCH3 is 1. The predicted octanol–water partition coefficient (Wildman–Crippen LogP) is 4.57. The molecule has 9 heteroatoms. The topological polar surface area (TPSA) is 98.1 Å². The van der Waals surface area contributed by atoms with Crippen molar-refractivity contribution in [2.24, 2.45) is 0 Å². The van der Waals surface area contributed by atoms with Gasteiger partial charge in [0.15, 0.2) is 0 Å². The number of amides is 2. The summed E-state index contributed by atoms with van der Waals surface area (Å²) in [6.45, 7) is 5.96. The number of carbonyl (C=O) groups is 1. The number of carbonyl (C=O) groups excluding carboxylic acids is 1. The van der Waals surface area contributed by atoms with Crippen LogP contribution in [-0.2, 0) is 23.2 Å². The molecule has 176 valence electrons. The fourth-order valence-electron chi connectivity index (χ4n) is 3.02. The average Bonchev–Trinajstić information content (AvgIpc) is 3.26. The summed E-state index contributed by atoms with van der Waals surface area (Å²) in [5.74, 6) is 1.28. The Morgan fingerprint density at radius 2 is 1.70 bits per heavy atom. The molecule has 1 aromatic heterocycles. The fraction of sp³-hybridized carbons (Fsp3) is 0.292. The van der Waals surface area contributed by atoms with Crippen LogP contribution in [0.2, 0.25) is 0 Å². The third-order valence-corrected chi connectivity index (χ3v) is 5.83. The number of nitrogens with zero attached hydrogens (tertiary/aromatic N) is 1. The van der Waals surface area contributed by atoms with Gasteiger partial charge in [0.1, 0.15) is 22.2 Å². The standard InChI is InChI=1S/C24H28N2O6S/c1-24(2,3)25-23(27)26(17-20-9-7-15-31-20)16-18-8-5-6-10-22(18)32-33(28,29)21-13-11-19(30-4)12-14-21/h5-15H,16-17H2,1-4H3,(H,25,27). The van der Waals surface area contributed by atoms with Crippen LogP contribution in [0, 0.1) is 0 Å². The smallest absolute Gasteiger partial charge is 0.339 e. The van der Waals surface area contributed by atoms with Crippen molar-refractivity contribution in [3.05, 3.63) is 78.3 Å². The number of rotatable bonds is 8. The van der Waals surface area contributed by atoms with E-state index < -0.39 is 15.7 Å². The Kier molecular flexibility index (Phi) is 7.33. The zero-order valence-corrected chi connectivity index (χ0v) is 19.9. The van der Waals surface area contributed by atoms with Gasteiger partial charge in [-0.3, -0.25) is 0 Å². The van der Waals surface area contributed by atoms with E-state index in [1.54, 1.807) is 48.5 Å². The van der Waals surface area contributed by atoms with Crippen LogP contribution >= 0.6 is 0 Å². The van der Waals surface area contributed by atoms with Crippen molar-refractivity contribution < 1.29 is 26.5 Å². The third kappa shape index (κ3) is 6.76. The molecule has 0 aliphatic carbocycles. The van der Waals surface area contributed by atoms with Crippen molar-refractivity contribution in [2.45, 2.75) is 44.3 Å². The molecule has 3 aromatic rings. The highest BCUT2D eigenvalue weighted by Crippen LogP contribution is 2.26. The number of benzene rings is 2. The summed E-state index contributed by atoms with van der Waals surface area (Å²) < 4.78 is 41.6. The number of ether oxygens (including phenoxy) is 1. The third-order valence-electron chi connectivity index (χ3n) is 4.58. The van der Waals surface area contributed by atoms with Crippen LogP contribution in [0.1, 0.15) is 32.1 Å². The van der Waals surface area contributed by atoms with Gasteiger partial charge in [-0.05, 0) is 63.2 Å². The van der Waals surface area contributed by atoms with Gasteiger partial charge in [-0.1, -0.05) is 18.2 Å². The first kappa shape index (κ1) is 24.2. The summed E-state index contributed by atoms with van der Waals surface area (Å²) >= 11 is 0. The summed E-state index contributed by atoms with van der Waals surface area (Å²) in [5.41, 5.74) is 0.0804. The SMILES string of the molecule is COc1ccc(S(=O)(=O)Oc2ccccc2CN(Cc2ccco2)C(=O)NC(C)(C)C)cc1. The van der Waals surface area contributed by atoms with Crippen LogP contribution < -0.4 is 14.2 Å². The molecule has 3 rings (SSSR count). The Hall–Kier alpha value is -3.46. The molecule has 0 fully saturated rings. The van der Waals surface area contributed by atoms with E-state index in [1.165, 1.54) is 30.4 Å². The highest BCUT2D eigenvalue weighted by molar-refractivity contribution is 7.87. The fourth-order valence-corrected chi connectivity index (χ4v) is 3.98. The van der Waals surface area contributed by atoms with E-state index in [1.807, 2.05) is 20.8 Å². The molecule has 1 heterocycles. The van der Waals surface area contributed by atoms with Crippen molar-refractivity contribution in [2.75, 3.05) is 7.11 Å².